The molecule has 124 valence electrons. The van der Waals surface area contributed by atoms with E-state index in [1.165, 1.54) is 6.07 Å². The van der Waals surface area contributed by atoms with Crippen LogP contribution < -0.4 is 10.6 Å². The monoisotopic (exact) mass is 441 g/mol. The van der Waals surface area contributed by atoms with E-state index >= 15 is 0 Å². The largest absolute Gasteiger partial charge is 0.356 e. The minimum atomic E-state index is -2.91. The topological polar surface area (TPSA) is 70.6 Å². The third-order valence-electron chi connectivity index (χ3n) is 3.44. The lowest BCUT2D eigenvalue weighted by molar-refractivity contribution is 0.598. The molecule has 2 N–H and O–H groups in total. The van der Waals surface area contributed by atoms with Crippen molar-refractivity contribution >= 4 is 39.8 Å². The van der Waals surface area contributed by atoms with Crippen molar-refractivity contribution in [3.05, 3.63) is 35.6 Å². The molecule has 8 heteroatoms. The normalized spacial score (nSPS) is 20.3. The highest BCUT2D eigenvalue weighted by Crippen LogP contribution is 2.11. The summed E-state index contributed by atoms with van der Waals surface area (Å²) in [7, 11) is -1.29. The molecule has 1 aromatic carbocycles. The van der Waals surface area contributed by atoms with Crippen LogP contribution in [0, 0.1) is 5.82 Å². The number of halogens is 2. The Balaban J connectivity index is 0.00000242. The van der Waals surface area contributed by atoms with Crippen molar-refractivity contribution in [2.24, 2.45) is 4.99 Å². The molecule has 0 aliphatic carbocycles. The molecular weight excluding hydrogens is 420 g/mol. The molecule has 1 unspecified atom stereocenters. The van der Waals surface area contributed by atoms with Crippen molar-refractivity contribution in [2.75, 3.05) is 25.1 Å². The van der Waals surface area contributed by atoms with Crippen LogP contribution in [0.4, 0.5) is 4.39 Å². The molecule has 1 aliphatic rings. The van der Waals surface area contributed by atoms with Gasteiger partial charge in [-0.2, -0.15) is 0 Å². The predicted octanol–water partition coefficient (Wildman–Crippen LogP) is 1.34. The predicted molar refractivity (Wildman–Crippen MR) is 97.1 cm³/mol. The van der Waals surface area contributed by atoms with Crippen molar-refractivity contribution < 1.29 is 12.8 Å². The first kappa shape index (κ1) is 19.1. The zero-order valence-corrected chi connectivity index (χ0v) is 15.5. The molecule has 1 atom stereocenters. The Morgan fingerprint density at radius 2 is 2.14 bits per heavy atom. The smallest absolute Gasteiger partial charge is 0.191 e. The molecule has 2 rings (SSSR count). The van der Waals surface area contributed by atoms with Crippen LogP contribution in [0.25, 0.3) is 0 Å². The first-order chi connectivity index (χ1) is 10.00. The van der Waals surface area contributed by atoms with Crippen molar-refractivity contribution in [3.8, 4) is 0 Å². The van der Waals surface area contributed by atoms with Gasteiger partial charge < -0.3 is 10.6 Å². The van der Waals surface area contributed by atoms with Crippen molar-refractivity contribution in [3.63, 3.8) is 0 Å². The second-order valence-corrected chi connectivity index (χ2v) is 7.31. The lowest BCUT2D eigenvalue weighted by atomic mass is 10.1. The lowest BCUT2D eigenvalue weighted by Gasteiger charge is -2.16. The minimum Gasteiger partial charge on any atom is -0.356 e. The number of aliphatic imine (C=N–C) groups is 1. The molecule has 22 heavy (non-hydrogen) atoms. The van der Waals surface area contributed by atoms with E-state index in [4.69, 9.17) is 0 Å². The Morgan fingerprint density at radius 1 is 1.41 bits per heavy atom. The maximum Gasteiger partial charge on any atom is 0.191 e. The number of rotatable bonds is 4. The number of benzene rings is 1. The molecule has 0 bridgehead atoms. The summed E-state index contributed by atoms with van der Waals surface area (Å²) in [5.74, 6) is 0.690. The number of guanidine groups is 1. The fourth-order valence-corrected chi connectivity index (χ4v) is 3.99. The number of sulfone groups is 1. The van der Waals surface area contributed by atoms with E-state index in [1.54, 1.807) is 25.2 Å². The highest BCUT2D eigenvalue weighted by atomic mass is 127. The van der Waals surface area contributed by atoms with Gasteiger partial charge in [0.15, 0.2) is 15.8 Å². The maximum atomic E-state index is 13.5. The van der Waals surface area contributed by atoms with Gasteiger partial charge in [-0.1, -0.05) is 18.2 Å². The fourth-order valence-electron chi connectivity index (χ4n) is 2.31. The molecule has 0 amide bonds. The molecule has 0 spiro atoms. The van der Waals surface area contributed by atoms with Crippen LogP contribution in [-0.2, 0) is 16.3 Å². The second kappa shape index (κ2) is 8.66. The van der Waals surface area contributed by atoms with E-state index in [2.05, 4.69) is 15.6 Å². The van der Waals surface area contributed by atoms with Crippen LogP contribution in [0.5, 0.6) is 0 Å². The van der Waals surface area contributed by atoms with E-state index in [0.717, 1.165) is 0 Å². The number of nitrogens with one attached hydrogen (secondary N) is 2. The van der Waals surface area contributed by atoms with Gasteiger partial charge in [0.2, 0.25) is 0 Å². The molecule has 1 aromatic rings. The Bertz CT molecular complexity index is 622. The third-order valence-corrected chi connectivity index (χ3v) is 5.21. The number of hydrogen-bond acceptors (Lipinski definition) is 3. The van der Waals surface area contributed by atoms with E-state index in [-0.39, 0.29) is 47.3 Å². The molecule has 1 fully saturated rings. The van der Waals surface area contributed by atoms with Crippen LogP contribution in [0.3, 0.4) is 0 Å². The number of hydrogen-bond donors (Lipinski definition) is 2. The SMILES string of the molecule is CN=C(NCCc1ccccc1F)NC1CCS(=O)(=O)C1.I. The van der Waals surface area contributed by atoms with Gasteiger partial charge in [-0.25, -0.2) is 12.8 Å². The molecule has 0 radical (unpaired) electrons. The summed E-state index contributed by atoms with van der Waals surface area (Å²) in [5, 5.41) is 6.16. The van der Waals surface area contributed by atoms with E-state index in [9.17, 15) is 12.8 Å². The first-order valence-electron chi connectivity index (χ1n) is 6.91. The van der Waals surface area contributed by atoms with Gasteiger partial charge in [-0.05, 0) is 24.5 Å². The summed E-state index contributed by atoms with van der Waals surface area (Å²) in [6.07, 6.45) is 1.13. The summed E-state index contributed by atoms with van der Waals surface area (Å²) in [6.45, 7) is 0.528. The summed E-state index contributed by atoms with van der Waals surface area (Å²) >= 11 is 0. The van der Waals surface area contributed by atoms with Crippen LogP contribution in [0.2, 0.25) is 0 Å². The highest BCUT2D eigenvalue weighted by molar-refractivity contribution is 14.0. The Hall–Kier alpha value is -0.900. The number of nitrogens with zero attached hydrogens (tertiary/aromatic N) is 1. The lowest BCUT2D eigenvalue weighted by Crippen LogP contribution is -2.44. The van der Waals surface area contributed by atoms with Gasteiger partial charge in [0.1, 0.15) is 5.82 Å². The standard InChI is InChI=1S/C14H20FN3O2S.HI/c1-16-14(18-12-7-9-21(19,20)10-12)17-8-6-11-4-2-3-5-13(11)15;/h2-5,12H,6-10H2,1H3,(H2,16,17,18);1H. The van der Waals surface area contributed by atoms with E-state index in [0.29, 0.717) is 30.9 Å². The third kappa shape index (κ3) is 5.71. The molecule has 5 nitrogen and oxygen atoms in total. The highest BCUT2D eigenvalue weighted by Gasteiger charge is 2.28. The summed E-state index contributed by atoms with van der Waals surface area (Å²) < 4.78 is 36.3. The van der Waals surface area contributed by atoms with E-state index in [1.807, 2.05) is 0 Å². The van der Waals surface area contributed by atoms with Gasteiger partial charge >= 0.3 is 0 Å². The quantitative estimate of drug-likeness (QED) is 0.421. The maximum absolute atomic E-state index is 13.5. The molecule has 0 saturated carbocycles. The van der Waals surface area contributed by atoms with E-state index < -0.39 is 9.84 Å². The Morgan fingerprint density at radius 3 is 2.73 bits per heavy atom. The summed E-state index contributed by atoms with van der Waals surface area (Å²) in [5.41, 5.74) is 0.642. The minimum absolute atomic E-state index is 0. The average molecular weight is 441 g/mol. The van der Waals surface area contributed by atoms with Crippen molar-refractivity contribution in [2.45, 2.75) is 18.9 Å². The Labute approximate surface area is 147 Å². The average Bonchev–Trinajstić information content (AvgIpc) is 2.79. The van der Waals surface area contributed by atoms with Crippen LogP contribution in [0.1, 0.15) is 12.0 Å². The Kier molecular flexibility index (Phi) is 7.54. The van der Waals surface area contributed by atoms with Crippen LogP contribution in [-0.4, -0.2) is 45.5 Å². The molecular formula is C14H21FIN3O2S. The van der Waals surface area contributed by atoms with Gasteiger partial charge in [0.05, 0.1) is 11.5 Å². The fraction of sp³-hybridized carbons (Fsp3) is 0.500. The summed E-state index contributed by atoms with van der Waals surface area (Å²) in [6, 6.07) is 6.54. The van der Waals surface area contributed by atoms with Crippen LogP contribution >= 0.6 is 24.0 Å². The zero-order valence-electron chi connectivity index (χ0n) is 12.4. The molecule has 1 aliphatic heterocycles. The zero-order chi connectivity index (χ0) is 15.3. The first-order valence-corrected chi connectivity index (χ1v) is 8.73. The van der Waals surface area contributed by atoms with Gasteiger partial charge in [-0.15, -0.1) is 24.0 Å². The van der Waals surface area contributed by atoms with Gasteiger partial charge in [-0.3, -0.25) is 4.99 Å². The second-order valence-electron chi connectivity index (χ2n) is 5.08. The van der Waals surface area contributed by atoms with Gasteiger partial charge in [0.25, 0.3) is 0 Å². The van der Waals surface area contributed by atoms with Gasteiger partial charge in [0, 0.05) is 19.6 Å². The molecule has 1 saturated heterocycles. The van der Waals surface area contributed by atoms with Crippen molar-refractivity contribution in [1.82, 2.24) is 10.6 Å². The summed E-state index contributed by atoms with van der Waals surface area (Å²) in [4.78, 5) is 4.06. The molecule has 0 aromatic heterocycles. The van der Waals surface area contributed by atoms with Crippen molar-refractivity contribution in [1.29, 1.82) is 0 Å². The molecule has 1 heterocycles. The van der Waals surface area contributed by atoms with Crippen LogP contribution in [0.15, 0.2) is 29.3 Å².